The smallest absolute Gasteiger partial charge is 0.0593 e. The van der Waals surface area contributed by atoms with Crippen LogP contribution in [-0.4, -0.2) is 43.5 Å². The average molecular weight is 217 g/mol. The average Bonchev–Trinajstić information content (AvgIpc) is 2.97. The van der Waals surface area contributed by atoms with Crippen molar-refractivity contribution < 1.29 is 4.74 Å². The molecule has 0 heterocycles. The molecule has 2 nitrogen and oxygen atoms in total. The molecule has 0 aliphatic heterocycles. The van der Waals surface area contributed by atoms with Crippen molar-refractivity contribution in [3.05, 3.63) is 0 Å². The summed E-state index contributed by atoms with van der Waals surface area (Å²) >= 11 is 4.43. The Balaban J connectivity index is 2.17. The van der Waals surface area contributed by atoms with E-state index in [2.05, 4.69) is 24.5 Å². The van der Waals surface area contributed by atoms with Gasteiger partial charge in [-0.05, 0) is 37.5 Å². The van der Waals surface area contributed by atoms with Gasteiger partial charge in [0.2, 0.25) is 0 Å². The van der Waals surface area contributed by atoms with Crippen LogP contribution >= 0.6 is 12.6 Å². The molecule has 3 heteroatoms. The van der Waals surface area contributed by atoms with Crippen LogP contribution in [0.4, 0.5) is 0 Å². The molecular formula is C11H23NOS. The monoisotopic (exact) mass is 217 g/mol. The van der Waals surface area contributed by atoms with Crippen LogP contribution in [0.2, 0.25) is 0 Å². The predicted molar refractivity (Wildman–Crippen MR) is 64.1 cm³/mol. The standard InChI is InChI=1S/C11H23NOS/c1-3-12(7-8-13-4-2)9-11(10-14)5-6-11/h14H,3-10H2,1-2H3. The van der Waals surface area contributed by atoms with E-state index in [9.17, 15) is 0 Å². The summed E-state index contributed by atoms with van der Waals surface area (Å²) in [6.07, 6.45) is 2.73. The van der Waals surface area contributed by atoms with Gasteiger partial charge in [0.1, 0.15) is 0 Å². The number of rotatable bonds is 8. The Morgan fingerprint density at radius 2 is 2.07 bits per heavy atom. The molecule has 0 radical (unpaired) electrons. The third kappa shape index (κ3) is 3.79. The third-order valence-corrected chi connectivity index (χ3v) is 3.73. The molecular weight excluding hydrogens is 194 g/mol. The third-order valence-electron chi connectivity index (χ3n) is 3.05. The fourth-order valence-electron chi connectivity index (χ4n) is 1.70. The minimum atomic E-state index is 0.547. The van der Waals surface area contributed by atoms with E-state index in [0.29, 0.717) is 5.41 Å². The second-order valence-electron chi connectivity index (χ2n) is 4.22. The van der Waals surface area contributed by atoms with E-state index >= 15 is 0 Å². The molecule has 14 heavy (non-hydrogen) atoms. The number of thiol groups is 1. The fraction of sp³-hybridized carbons (Fsp3) is 1.00. The van der Waals surface area contributed by atoms with Gasteiger partial charge in [-0.25, -0.2) is 0 Å². The van der Waals surface area contributed by atoms with E-state index in [-0.39, 0.29) is 0 Å². The van der Waals surface area contributed by atoms with Crippen molar-refractivity contribution in [2.45, 2.75) is 26.7 Å². The molecule has 0 unspecified atom stereocenters. The first-order valence-electron chi connectivity index (χ1n) is 5.67. The van der Waals surface area contributed by atoms with E-state index in [1.54, 1.807) is 0 Å². The largest absolute Gasteiger partial charge is 0.380 e. The van der Waals surface area contributed by atoms with Gasteiger partial charge in [0.05, 0.1) is 6.61 Å². The predicted octanol–water partition coefficient (Wildman–Crippen LogP) is 2.05. The molecule has 0 bridgehead atoms. The van der Waals surface area contributed by atoms with Crippen molar-refractivity contribution in [3.8, 4) is 0 Å². The summed E-state index contributed by atoms with van der Waals surface area (Å²) in [5, 5.41) is 0. The zero-order valence-corrected chi connectivity index (χ0v) is 10.4. The van der Waals surface area contributed by atoms with E-state index < -0.39 is 0 Å². The highest BCUT2D eigenvalue weighted by Crippen LogP contribution is 2.46. The number of ether oxygens (including phenoxy) is 1. The Morgan fingerprint density at radius 3 is 2.50 bits per heavy atom. The summed E-state index contributed by atoms with van der Waals surface area (Å²) in [5.41, 5.74) is 0.547. The van der Waals surface area contributed by atoms with Gasteiger partial charge in [0.15, 0.2) is 0 Å². The molecule has 1 rings (SSSR count). The fourth-order valence-corrected chi connectivity index (χ4v) is 2.12. The lowest BCUT2D eigenvalue weighted by molar-refractivity contribution is 0.108. The SMILES string of the molecule is CCOCCN(CC)CC1(CS)CC1. The van der Waals surface area contributed by atoms with Crippen LogP contribution in [-0.2, 0) is 4.74 Å². The lowest BCUT2D eigenvalue weighted by atomic mass is 10.1. The lowest BCUT2D eigenvalue weighted by Gasteiger charge is -2.25. The summed E-state index contributed by atoms with van der Waals surface area (Å²) in [4.78, 5) is 2.48. The highest BCUT2D eigenvalue weighted by atomic mass is 32.1. The molecule has 0 aromatic heterocycles. The maximum Gasteiger partial charge on any atom is 0.0593 e. The van der Waals surface area contributed by atoms with Crippen LogP contribution < -0.4 is 0 Å². The molecule has 0 atom stereocenters. The van der Waals surface area contributed by atoms with Crippen molar-refractivity contribution in [1.29, 1.82) is 0 Å². The minimum absolute atomic E-state index is 0.547. The maximum absolute atomic E-state index is 5.37. The maximum atomic E-state index is 5.37. The van der Waals surface area contributed by atoms with Crippen LogP contribution in [0, 0.1) is 5.41 Å². The summed E-state index contributed by atoms with van der Waals surface area (Å²) in [5.74, 6) is 1.04. The first kappa shape index (κ1) is 12.3. The Labute approximate surface area is 93.4 Å². The van der Waals surface area contributed by atoms with Gasteiger partial charge >= 0.3 is 0 Å². The van der Waals surface area contributed by atoms with Crippen molar-refractivity contribution in [2.24, 2.45) is 5.41 Å². The van der Waals surface area contributed by atoms with Gasteiger partial charge in [-0.15, -0.1) is 0 Å². The van der Waals surface area contributed by atoms with Gasteiger partial charge < -0.3 is 9.64 Å². The van der Waals surface area contributed by atoms with Gasteiger partial charge in [0.25, 0.3) is 0 Å². The topological polar surface area (TPSA) is 12.5 Å². The van der Waals surface area contributed by atoms with Crippen LogP contribution in [0.5, 0.6) is 0 Å². The van der Waals surface area contributed by atoms with E-state index in [4.69, 9.17) is 4.74 Å². The van der Waals surface area contributed by atoms with Crippen LogP contribution in [0.3, 0.4) is 0 Å². The Morgan fingerprint density at radius 1 is 1.36 bits per heavy atom. The van der Waals surface area contributed by atoms with Gasteiger partial charge in [-0.1, -0.05) is 6.92 Å². The molecule has 0 aromatic carbocycles. The highest BCUT2D eigenvalue weighted by molar-refractivity contribution is 7.80. The minimum Gasteiger partial charge on any atom is -0.380 e. The summed E-state index contributed by atoms with van der Waals surface area (Å²) < 4.78 is 5.37. The number of likely N-dealkylation sites (N-methyl/N-ethyl adjacent to an activating group) is 1. The van der Waals surface area contributed by atoms with Crippen molar-refractivity contribution in [3.63, 3.8) is 0 Å². The molecule has 0 aromatic rings. The molecule has 0 amide bonds. The molecule has 0 spiro atoms. The van der Waals surface area contributed by atoms with Gasteiger partial charge in [0, 0.05) is 19.7 Å². The van der Waals surface area contributed by atoms with Crippen molar-refractivity contribution in [2.75, 3.05) is 38.6 Å². The molecule has 1 aliphatic carbocycles. The summed E-state index contributed by atoms with van der Waals surface area (Å²) in [7, 11) is 0. The normalized spacial score (nSPS) is 18.9. The zero-order valence-electron chi connectivity index (χ0n) is 9.46. The second-order valence-corrected chi connectivity index (χ2v) is 4.54. The molecule has 1 saturated carbocycles. The number of hydrogen-bond donors (Lipinski definition) is 1. The zero-order chi connectivity index (χ0) is 10.4. The van der Waals surface area contributed by atoms with Crippen LogP contribution in [0.15, 0.2) is 0 Å². The number of nitrogens with zero attached hydrogens (tertiary/aromatic N) is 1. The van der Waals surface area contributed by atoms with Crippen LogP contribution in [0.25, 0.3) is 0 Å². The number of hydrogen-bond acceptors (Lipinski definition) is 3. The van der Waals surface area contributed by atoms with E-state index in [0.717, 1.165) is 32.1 Å². The molecule has 1 fully saturated rings. The summed E-state index contributed by atoms with van der Waals surface area (Å²) in [6, 6.07) is 0. The Bertz CT molecular complexity index is 159. The van der Waals surface area contributed by atoms with Gasteiger partial charge in [-0.3, -0.25) is 0 Å². The quantitative estimate of drug-likeness (QED) is 0.493. The van der Waals surface area contributed by atoms with E-state index in [1.807, 2.05) is 6.92 Å². The molecule has 84 valence electrons. The molecule has 0 N–H and O–H groups in total. The Hall–Kier alpha value is 0.270. The summed E-state index contributed by atoms with van der Waals surface area (Å²) in [6.45, 7) is 9.37. The first-order valence-corrected chi connectivity index (χ1v) is 6.30. The Kier molecular flexibility index (Phi) is 5.28. The van der Waals surface area contributed by atoms with Gasteiger partial charge in [-0.2, -0.15) is 12.6 Å². The van der Waals surface area contributed by atoms with E-state index in [1.165, 1.54) is 19.4 Å². The van der Waals surface area contributed by atoms with Crippen molar-refractivity contribution in [1.82, 2.24) is 4.90 Å². The lowest BCUT2D eigenvalue weighted by Crippen LogP contribution is -2.34. The van der Waals surface area contributed by atoms with Crippen LogP contribution in [0.1, 0.15) is 26.7 Å². The first-order chi connectivity index (χ1) is 6.76. The second kappa shape index (κ2) is 5.99. The molecule has 1 aliphatic rings. The van der Waals surface area contributed by atoms with Crippen molar-refractivity contribution >= 4 is 12.6 Å². The molecule has 0 saturated heterocycles. The highest BCUT2D eigenvalue weighted by Gasteiger charge is 2.42.